The van der Waals surface area contributed by atoms with E-state index in [-0.39, 0.29) is 17.5 Å². The Labute approximate surface area is 167 Å². The van der Waals surface area contributed by atoms with Crippen LogP contribution in [0.25, 0.3) is 0 Å². The molecule has 0 bridgehead atoms. The fourth-order valence-corrected chi connectivity index (χ4v) is 3.73. The van der Waals surface area contributed by atoms with Crippen molar-refractivity contribution in [2.45, 2.75) is 32.2 Å². The summed E-state index contributed by atoms with van der Waals surface area (Å²) in [6, 6.07) is 11.9. The van der Waals surface area contributed by atoms with E-state index in [1.807, 2.05) is 51.4 Å². The van der Waals surface area contributed by atoms with Crippen LogP contribution in [0.3, 0.4) is 0 Å². The molecular formula is C22H30N4O2. The summed E-state index contributed by atoms with van der Waals surface area (Å²) in [5, 5.41) is 3.11. The quantitative estimate of drug-likeness (QED) is 0.860. The minimum absolute atomic E-state index is 0.0466. The predicted octanol–water partition coefficient (Wildman–Crippen LogP) is 3.51. The van der Waals surface area contributed by atoms with Crippen molar-refractivity contribution in [3.8, 4) is 5.75 Å². The lowest BCUT2D eigenvalue weighted by molar-refractivity contribution is 0.237. The molecule has 0 radical (unpaired) electrons. The average Bonchev–Trinajstić information content (AvgIpc) is 2.92. The SMILES string of the molecule is COc1cccc(C(CNC(=O)N2CC(C)(C)c3nc(C)ccc32)N(C)C)c1. The van der Waals surface area contributed by atoms with Crippen LogP contribution in [-0.2, 0) is 5.41 Å². The zero-order valence-corrected chi connectivity index (χ0v) is 17.6. The first-order valence-electron chi connectivity index (χ1n) is 9.57. The number of urea groups is 1. The van der Waals surface area contributed by atoms with Crippen molar-refractivity contribution >= 4 is 11.7 Å². The molecule has 1 aliphatic rings. The monoisotopic (exact) mass is 382 g/mol. The summed E-state index contributed by atoms with van der Waals surface area (Å²) in [7, 11) is 5.68. The molecule has 28 heavy (non-hydrogen) atoms. The fourth-order valence-electron chi connectivity index (χ4n) is 3.73. The number of benzene rings is 1. The highest BCUT2D eigenvalue weighted by Crippen LogP contribution is 2.39. The lowest BCUT2D eigenvalue weighted by atomic mass is 9.91. The number of likely N-dealkylation sites (N-methyl/N-ethyl adjacent to an activating group) is 1. The topological polar surface area (TPSA) is 57.7 Å². The number of ether oxygens (including phenoxy) is 1. The van der Waals surface area contributed by atoms with Crippen LogP contribution in [0.5, 0.6) is 5.75 Å². The molecule has 3 rings (SSSR count). The van der Waals surface area contributed by atoms with Gasteiger partial charge < -0.3 is 15.0 Å². The largest absolute Gasteiger partial charge is 0.497 e. The van der Waals surface area contributed by atoms with Crippen molar-refractivity contribution in [3.05, 3.63) is 53.3 Å². The summed E-state index contributed by atoms with van der Waals surface area (Å²) >= 11 is 0. The van der Waals surface area contributed by atoms with Gasteiger partial charge in [-0.15, -0.1) is 0 Å². The van der Waals surface area contributed by atoms with Crippen LogP contribution >= 0.6 is 0 Å². The Morgan fingerprint density at radius 3 is 2.75 bits per heavy atom. The van der Waals surface area contributed by atoms with Gasteiger partial charge in [-0.3, -0.25) is 9.88 Å². The predicted molar refractivity (Wildman–Crippen MR) is 112 cm³/mol. The molecule has 0 spiro atoms. The van der Waals surface area contributed by atoms with Crippen molar-refractivity contribution in [1.82, 2.24) is 15.2 Å². The molecular weight excluding hydrogens is 352 g/mol. The van der Waals surface area contributed by atoms with Gasteiger partial charge in [-0.25, -0.2) is 4.79 Å². The summed E-state index contributed by atoms with van der Waals surface area (Å²) in [5.41, 5.74) is 3.80. The van der Waals surface area contributed by atoms with Gasteiger partial charge in [-0.05, 0) is 50.8 Å². The molecule has 150 valence electrons. The minimum Gasteiger partial charge on any atom is -0.497 e. The molecule has 1 aliphatic heterocycles. The molecule has 1 unspecified atom stereocenters. The molecule has 2 heterocycles. The average molecular weight is 383 g/mol. The number of pyridine rings is 1. The summed E-state index contributed by atoms with van der Waals surface area (Å²) in [6.07, 6.45) is 0. The van der Waals surface area contributed by atoms with Crippen LogP contribution in [-0.4, -0.2) is 50.2 Å². The molecule has 1 aromatic carbocycles. The number of fused-ring (bicyclic) bond motifs is 1. The Kier molecular flexibility index (Phi) is 5.61. The van der Waals surface area contributed by atoms with Crippen molar-refractivity contribution in [2.24, 2.45) is 0 Å². The van der Waals surface area contributed by atoms with Crippen molar-refractivity contribution < 1.29 is 9.53 Å². The van der Waals surface area contributed by atoms with Crippen LogP contribution in [0.1, 0.15) is 36.8 Å². The number of hydrogen-bond acceptors (Lipinski definition) is 4. The highest BCUT2D eigenvalue weighted by Gasteiger charge is 2.39. The molecule has 6 nitrogen and oxygen atoms in total. The summed E-state index contributed by atoms with van der Waals surface area (Å²) in [5.74, 6) is 0.812. The number of carbonyl (C=O) groups is 1. The van der Waals surface area contributed by atoms with Crippen molar-refractivity contribution in [1.29, 1.82) is 0 Å². The first-order valence-corrected chi connectivity index (χ1v) is 9.57. The molecule has 2 amide bonds. The number of amides is 2. The third kappa shape index (κ3) is 3.97. The number of hydrogen-bond donors (Lipinski definition) is 1. The Hall–Kier alpha value is -2.60. The maximum absolute atomic E-state index is 13.0. The van der Waals surface area contributed by atoms with Gasteiger partial charge in [0.25, 0.3) is 0 Å². The highest BCUT2D eigenvalue weighted by atomic mass is 16.5. The number of nitrogens with one attached hydrogen (secondary N) is 1. The van der Waals surface area contributed by atoms with Crippen molar-refractivity contribution in [3.63, 3.8) is 0 Å². The number of anilines is 1. The number of rotatable bonds is 5. The standard InChI is InChI=1S/C22H30N4O2/c1-15-10-11-18-20(24-15)22(2,3)14-26(18)21(27)23-13-19(25(4)5)16-8-7-9-17(12-16)28-6/h7-12,19H,13-14H2,1-6H3,(H,23,27). The second-order valence-corrected chi connectivity index (χ2v) is 8.23. The van der Waals surface area contributed by atoms with E-state index >= 15 is 0 Å². The van der Waals surface area contributed by atoms with E-state index in [2.05, 4.69) is 35.1 Å². The summed E-state index contributed by atoms with van der Waals surface area (Å²) in [6.45, 7) is 7.37. The molecule has 0 aliphatic carbocycles. The summed E-state index contributed by atoms with van der Waals surface area (Å²) < 4.78 is 5.34. The van der Waals surface area contributed by atoms with E-state index in [9.17, 15) is 4.79 Å². The molecule has 1 N–H and O–H groups in total. The van der Waals surface area contributed by atoms with Gasteiger partial charge >= 0.3 is 6.03 Å². The maximum atomic E-state index is 13.0. The van der Waals surface area contributed by atoms with Crippen LogP contribution in [0.2, 0.25) is 0 Å². The van der Waals surface area contributed by atoms with Gasteiger partial charge in [0.2, 0.25) is 0 Å². The molecule has 0 saturated carbocycles. The zero-order valence-electron chi connectivity index (χ0n) is 17.6. The van der Waals surface area contributed by atoms with Crippen LogP contribution in [0.4, 0.5) is 10.5 Å². The van der Waals surface area contributed by atoms with Gasteiger partial charge in [-0.1, -0.05) is 26.0 Å². The van der Waals surface area contributed by atoms with Crippen LogP contribution < -0.4 is 15.0 Å². The normalized spacial score (nSPS) is 16.0. The lowest BCUT2D eigenvalue weighted by Gasteiger charge is -2.27. The second kappa shape index (κ2) is 7.80. The smallest absolute Gasteiger partial charge is 0.322 e. The Bertz CT molecular complexity index is 863. The maximum Gasteiger partial charge on any atom is 0.322 e. The molecule has 1 aromatic heterocycles. The van der Waals surface area contributed by atoms with E-state index < -0.39 is 0 Å². The summed E-state index contributed by atoms with van der Waals surface area (Å²) in [4.78, 5) is 21.6. The number of aryl methyl sites for hydroxylation is 1. The Balaban J connectivity index is 1.76. The number of nitrogens with zero attached hydrogens (tertiary/aromatic N) is 3. The number of carbonyl (C=O) groups excluding carboxylic acids is 1. The van der Waals surface area contributed by atoms with Gasteiger partial charge in [0, 0.05) is 24.2 Å². The lowest BCUT2D eigenvalue weighted by Crippen LogP contribution is -2.44. The molecule has 6 heteroatoms. The van der Waals surface area contributed by atoms with E-state index in [1.165, 1.54) is 0 Å². The van der Waals surface area contributed by atoms with E-state index in [1.54, 1.807) is 12.0 Å². The third-order valence-corrected chi connectivity index (χ3v) is 5.29. The van der Waals surface area contributed by atoms with E-state index in [0.29, 0.717) is 13.1 Å². The molecule has 0 saturated heterocycles. The molecule has 0 fully saturated rings. The third-order valence-electron chi connectivity index (χ3n) is 5.29. The van der Waals surface area contributed by atoms with Gasteiger partial charge in [0.1, 0.15) is 5.75 Å². The minimum atomic E-state index is -0.160. The van der Waals surface area contributed by atoms with Crippen LogP contribution in [0, 0.1) is 6.92 Å². The number of aromatic nitrogens is 1. The fraction of sp³-hybridized carbons (Fsp3) is 0.455. The Morgan fingerprint density at radius 2 is 2.07 bits per heavy atom. The first-order chi connectivity index (χ1) is 13.2. The van der Waals surface area contributed by atoms with E-state index in [4.69, 9.17) is 4.74 Å². The van der Waals surface area contributed by atoms with Crippen molar-refractivity contribution in [2.75, 3.05) is 39.2 Å². The zero-order chi connectivity index (χ0) is 20.5. The van der Waals surface area contributed by atoms with Gasteiger partial charge in [-0.2, -0.15) is 0 Å². The molecule has 2 aromatic rings. The Morgan fingerprint density at radius 1 is 1.32 bits per heavy atom. The van der Waals surface area contributed by atoms with Gasteiger partial charge in [0.05, 0.1) is 24.5 Å². The first kappa shape index (κ1) is 20.1. The van der Waals surface area contributed by atoms with Gasteiger partial charge in [0.15, 0.2) is 0 Å². The highest BCUT2D eigenvalue weighted by molar-refractivity contribution is 5.94. The van der Waals surface area contributed by atoms with Crippen LogP contribution in [0.15, 0.2) is 36.4 Å². The second-order valence-electron chi connectivity index (χ2n) is 8.23. The number of methoxy groups -OCH3 is 1. The molecule has 1 atom stereocenters. The van der Waals surface area contributed by atoms with E-state index in [0.717, 1.165) is 28.4 Å².